The van der Waals surface area contributed by atoms with Crippen molar-refractivity contribution in [1.82, 2.24) is 0 Å². The van der Waals surface area contributed by atoms with Crippen LogP contribution in [0.2, 0.25) is 0 Å². The monoisotopic (exact) mass is 133 g/mol. The van der Waals surface area contributed by atoms with E-state index in [0.29, 0.717) is 0 Å². The number of aliphatic imine (C=N–C) groups is 1. The first-order valence-electron chi connectivity index (χ1n) is 2.98. The van der Waals surface area contributed by atoms with Crippen molar-refractivity contribution in [3.8, 4) is 0 Å². The summed E-state index contributed by atoms with van der Waals surface area (Å²) >= 11 is 0. The highest BCUT2D eigenvalue weighted by molar-refractivity contribution is 5.26. The zero-order chi connectivity index (χ0) is 7.66. The van der Waals surface area contributed by atoms with Crippen molar-refractivity contribution in [3.05, 3.63) is 49.2 Å². The lowest BCUT2D eigenvalue weighted by atomic mass is 10.4. The Morgan fingerprint density at radius 3 is 2.10 bits per heavy atom. The standard InChI is InChI=1S/C9H11N/c1-3-4-5-6-7-8-9-10-2/h3-9H,1-2H2/b5-4+,7-6-,9-8+. The molecule has 0 fully saturated rings. The fourth-order valence-corrected chi connectivity index (χ4v) is 0.382. The van der Waals surface area contributed by atoms with Gasteiger partial charge in [0.25, 0.3) is 0 Å². The number of rotatable bonds is 4. The van der Waals surface area contributed by atoms with Crippen LogP contribution in [0.4, 0.5) is 0 Å². The predicted molar refractivity (Wildman–Crippen MR) is 47.2 cm³/mol. The molecule has 0 heterocycles. The third-order valence-corrected chi connectivity index (χ3v) is 0.772. The molecule has 0 amide bonds. The Labute approximate surface area is 61.8 Å². The molecule has 0 radical (unpaired) electrons. The van der Waals surface area contributed by atoms with Crippen LogP contribution >= 0.6 is 0 Å². The summed E-state index contributed by atoms with van der Waals surface area (Å²) in [4.78, 5) is 3.53. The summed E-state index contributed by atoms with van der Waals surface area (Å²) in [6, 6.07) is 0. The molecule has 0 saturated carbocycles. The SMILES string of the molecule is C=C/C=C/C=C\C=C\N=C. The van der Waals surface area contributed by atoms with Gasteiger partial charge in [-0.05, 0) is 12.8 Å². The summed E-state index contributed by atoms with van der Waals surface area (Å²) in [5, 5.41) is 0. The second kappa shape index (κ2) is 7.63. The van der Waals surface area contributed by atoms with Crippen LogP contribution in [-0.2, 0) is 0 Å². The van der Waals surface area contributed by atoms with E-state index in [1.807, 2.05) is 24.3 Å². The average molecular weight is 133 g/mol. The number of allylic oxidation sites excluding steroid dienone is 6. The first-order chi connectivity index (χ1) is 4.91. The van der Waals surface area contributed by atoms with Crippen LogP contribution in [0.25, 0.3) is 0 Å². The number of nitrogens with zero attached hydrogens (tertiary/aromatic N) is 1. The van der Waals surface area contributed by atoms with Crippen molar-refractivity contribution in [1.29, 1.82) is 0 Å². The highest BCUT2D eigenvalue weighted by atomic mass is 14.6. The van der Waals surface area contributed by atoms with Gasteiger partial charge in [-0.15, -0.1) is 0 Å². The molecule has 1 heteroatoms. The van der Waals surface area contributed by atoms with Crippen molar-refractivity contribution in [2.45, 2.75) is 0 Å². The zero-order valence-corrected chi connectivity index (χ0v) is 5.90. The van der Waals surface area contributed by atoms with Gasteiger partial charge >= 0.3 is 0 Å². The van der Waals surface area contributed by atoms with E-state index in [9.17, 15) is 0 Å². The first kappa shape index (κ1) is 8.63. The molecule has 0 N–H and O–H groups in total. The minimum Gasteiger partial charge on any atom is -0.273 e. The maximum Gasteiger partial charge on any atom is 0.0260 e. The van der Waals surface area contributed by atoms with Gasteiger partial charge < -0.3 is 0 Å². The highest BCUT2D eigenvalue weighted by Crippen LogP contribution is 1.80. The fraction of sp³-hybridized carbons (Fsp3) is 0. The van der Waals surface area contributed by atoms with Crippen molar-refractivity contribution in [3.63, 3.8) is 0 Å². The molecule has 1 nitrogen and oxygen atoms in total. The molecule has 52 valence electrons. The van der Waals surface area contributed by atoms with E-state index in [4.69, 9.17) is 0 Å². The molecule has 0 spiro atoms. The van der Waals surface area contributed by atoms with Crippen LogP contribution in [0.15, 0.2) is 54.2 Å². The highest BCUT2D eigenvalue weighted by Gasteiger charge is 1.58. The Balaban J connectivity index is 3.55. The van der Waals surface area contributed by atoms with Gasteiger partial charge in [0.05, 0.1) is 0 Å². The van der Waals surface area contributed by atoms with Gasteiger partial charge in [0.15, 0.2) is 0 Å². The minimum absolute atomic E-state index is 1.62. The van der Waals surface area contributed by atoms with Crippen LogP contribution in [0.5, 0.6) is 0 Å². The number of hydrogen-bond acceptors (Lipinski definition) is 1. The van der Waals surface area contributed by atoms with E-state index >= 15 is 0 Å². The third kappa shape index (κ3) is 6.63. The molecule has 0 bridgehead atoms. The maximum atomic E-state index is 3.53. The second-order valence-electron chi connectivity index (χ2n) is 1.53. The zero-order valence-electron chi connectivity index (χ0n) is 5.90. The maximum absolute atomic E-state index is 3.53. The molecule has 0 aromatic carbocycles. The van der Waals surface area contributed by atoms with Gasteiger partial charge in [0.2, 0.25) is 0 Å². The largest absolute Gasteiger partial charge is 0.273 e. The Kier molecular flexibility index (Phi) is 6.58. The van der Waals surface area contributed by atoms with E-state index in [-0.39, 0.29) is 0 Å². The van der Waals surface area contributed by atoms with E-state index in [1.54, 1.807) is 18.4 Å². The van der Waals surface area contributed by atoms with Crippen LogP contribution in [0, 0.1) is 0 Å². The Hall–Kier alpha value is -1.37. The smallest absolute Gasteiger partial charge is 0.0260 e. The molecule has 0 atom stereocenters. The van der Waals surface area contributed by atoms with Gasteiger partial charge in [-0.3, -0.25) is 4.99 Å². The molecule has 10 heavy (non-hydrogen) atoms. The van der Waals surface area contributed by atoms with Gasteiger partial charge in [-0.25, -0.2) is 0 Å². The molecule has 0 aromatic heterocycles. The molecule has 0 aromatic rings. The summed E-state index contributed by atoms with van der Waals surface area (Å²) in [6.45, 7) is 6.82. The lowest BCUT2D eigenvalue weighted by Gasteiger charge is -1.70. The fourth-order valence-electron chi connectivity index (χ4n) is 0.382. The Morgan fingerprint density at radius 1 is 0.900 bits per heavy atom. The van der Waals surface area contributed by atoms with Crippen LogP contribution in [-0.4, -0.2) is 6.72 Å². The molecule has 0 aliphatic carbocycles. The molecule has 0 aliphatic heterocycles. The van der Waals surface area contributed by atoms with E-state index in [0.717, 1.165) is 0 Å². The molecule has 0 unspecified atom stereocenters. The topological polar surface area (TPSA) is 12.4 Å². The van der Waals surface area contributed by atoms with Crippen LogP contribution in [0.1, 0.15) is 0 Å². The van der Waals surface area contributed by atoms with Gasteiger partial charge in [0, 0.05) is 6.20 Å². The Morgan fingerprint density at radius 2 is 1.50 bits per heavy atom. The van der Waals surface area contributed by atoms with Gasteiger partial charge in [-0.1, -0.05) is 37.0 Å². The first-order valence-corrected chi connectivity index (χ1v) is 2.98. The second-order valence-corrected chi connectivity index (χ2v) is 1.53. The summed E-state index contributed by atoms with van der Waals surface area (Å²) in [6.07, 6.45) is 12.7. The normalized spacial score (nSPS) is 11.6. The van der Waals surface area contributed by atoms with Crippen molar-refractivity contribution >= 4 is 6.72 Å². The van der Waals surface area contributed by atoms with Crippen LogP contribution in [0.3, 0.4) is 0 Å². The summed E-state index contributed by atoms with van der Waals surface area (Å²) in [7, 11) is 0. The lowest BCUT2D eigenvalue weighted by Crippen LogP contribution is -1.49. The van der Waals surface area contributed by atoms with Crippen LogP contribution < -0.4 is 0 Å². The van der Waals surface area contributed by atoms with Crippen molar-refractivity contribution in [2.75, 3.05) is 0 Å². The van der Waals surface area contributed by atoms with E-state index in [1.165, 1.54) is 0 Å². The molecular formula is C9H11N. The molecule has 0 rings (SSSR count). The third-order valence-electron chi connectivity index (χ3n) is 0.772. The quantitative estimate of drug-likeness (QED) is 0.412. The molecular weight excluding hydrogens is 122 g/mol. The Bertz CT molecular complexity index is 153. The predicted octanol–water partition coefficient (Wildman–Crippen LogP) is 2.50. The van der Waals surface area contributed by atoms with E-state index < -0.39 is 0 Å². The van der Waals surface area contributed by atoms with Crippen molar-refractivity contribution in [2.24, 2.45) is 4.99 Å². The van der Waals surface area contributed by atoms with Crippen molar-refractivity contribution < 1.29 is 0 Å². The summed E-state index contributed by atoms with van der Waals surface area (Å²) < 4.78 is 0. The summed E-state index contributed by atoms with van der Waals surface area (Å²) in [5.41, 5.74) is 0. The summed E-state index contributed by atoms with van der Waals surface area (Å²) in [5.74, 6) is 0. The molecule has 0 aliphatic rings. The minimum atomic E-state index is 1.62. The van der Waals surface area contributed by atoms with Gasteiger partial charge in [0.1, 0.15) is 0 Å². The number of hydrogen-bond donors (Lipinski definition) is 0. The molecule has 0 saturated heterocycles. The van der Waals surface area contributed by atoms with Gasteiger partial charge in [-0.2, -0.15) is 0 Å². The lowest BCUT2D eigenvalue weighted by molar-refractivity contribution is 1.61. The average Bonchev–Trinajstić information content (AvgIpc) is 1.97. The van der Waals surface area contributed by atoms with E-state index in [2.05, 4.69) is 18.3 Å².